The summed E-state index contributed by atoms with van der Waals surface area (Å²) < 4.78 is 38.3. The number of carbonyl (C=O) groups is 2. The Kier molecular flexibility index (Phi) is 4.08. The third kappa shape index (κ3) is 3.55. The number of carbonyl (C=O) groups excluding carboxylic acids is 2. The van der Waals surface area contributed by atoms with Crippen LogP contribution in [0.2, 0.25) is 0 Å². The molecule has 25 heavy (non-hydrogen) atoms. The number of anilines is 2. The van der Waals surface area contributed by atoms with E-state index < -0.39 is 17.6 Å². The van der Waals surface area contributed by atoms with Crippen LogP contribution >= 0.6 is 0 Å². The van der Waals surface area contributed by atoms with Crippen LogP contribution in [0, 0.1) is 0 Å². The molecule has 0 saturated heterocycles. The van der Waals surface area contributed by atoms with Crippen LogP contribution in [0.5, 0.6) is 0 Å². The van der Waals surface area contributed by atoms with E-state index in [1.165, 1.54) is 13.0 Å². The van der Waals surface area contributed by atoms with Crippen LogP contribution in [0.3, 0.4) is 0 Å². The Hall–Kier alpha value is -3.09. The van der Waals surface area contributed by atoms with E-state index in [2.05, 4.69) is 10.6 Å². The molecule has 1 heterocycles. The molecule has 2 amide bonds. The molecule has 0 saturated carbocycles. The van der Waals surface area contributed by atoms with E-state index in [-0.39, 0.29) is 17.2 Å². The zero-order valence-corrected chi connectivity index (χ0v) is 13.1. The van der Waals surface area contributed by atoms with E-state index in [4.69, 9.17) is 0 Å². The van der Waals surface area contributed by atoms with Gasteiger partial charge in [0.1, 0.15) is 0 Å². The van der Waals surface area contributed by atoms with Gasteiger partial charge in [-0.25, -0.2) is 0 Å². The number of nitrogens with one attached hydrogen (secondary N) is 2. The number of alkyl halides is 3. The fourth-order valence-electron chi connectivity index (χ4n) is 2.55. The van der Waals surface area contributed by atoms with E-state index in [9.17, 15) is 22.8 Å². The Labute approximate surface area is 141 Å². The number of hydrogen-bond acceptors (Lipinski definition) is 2. The molecule has 0 radical (unpaired) electrons. The zero-order chi connectivity index (χ0) is 18.2. The number of fused-ring (bicyclic) bond motifs is 1. The van der Waals surface area contributed by atoms with Crippen molar-refractivity contribution >= 4 is 34.8 Å². The second-order valence-corrected chi connectivity index (χ2v) is 5.57. The van der Waals surface area contributed by atoms with Gasteiger partial charge in [-0.1, -0.05) is 18.2 Å². The maximum absolute atomic E-state index is 12.8. The lowest BCUT2D eigenvalue weighted by molar-refractivity contribution is -0.137. The maximum Gasteiger partial charge on any atom is 0.416 e. The smallest absolute Gasteiger partial charge is 0.326 e. The van der Waals surface area contributed by atoms with Gasteiger partial charge in [0.15, 0.2) is 0 Å². The molecule has 7 heteroatoms. The molecule has 4 nitrogen and oxygen atoms in total. The Balaban J connectivity index is 1.93. The molecular weight excluding hydrogens is 333 g/mol. The van der Waals surface area contributed by atoms with Crippen LogP contribution in [0.15, 0.2) is 42.5 Å². The van der Waals surface area contributed by atoms with Crippen LogP contribution < -0.4 is 10.6 Å². The molecule has 1 aliphatic rings. The van der Waals surface area contributed by atoms with Crippen molar-refractivity contribution in [2.75, 3.05) is 10.6 Å². The van der Waals surface area contributed by atoms with Crippen LogP contribution in [0.4, 0.5) is 24.5 Å². The molecule has 0 bridgehead atoms. The van der Waals surface area contributed by atoms with Gasteiger partial charge in [-0.3, -0.25) is 9.59 Å². The molecular formula is C18H13F3N2O2. The summed E-state index contributed by atoms with van der Waals surface area (Å²) in [5.41, 5.74) is 1.33. The molecule has 0 spiro atoms. The van der Waals surface area contributed by atoms with E-state index in [0.717, 1.165) is 12.1 Å². The highest BCUT2D eigenvalue weighted by atomic mass is 19.4. The molecule has 2 aromatic rings. The molecule has 0 unspecified atom stereocenters. The predicted molar refractivity (Wildman–Crippen MR) is 88.7 cm³/mol. The van der Waals surface area contributed by atoms with Crippen molar-refractivity contribution in [3.63, 3.8) is 0 Å². The van der Waals surface area contributed by atoms with Gasteiger partial charge in [0.25, 0.3) is 5.91 Å². The maximum atomic E-state index is 12.8. The highest BCUT2D eigenvalue weighted by molar-refractivity contribution is 6.34. The minimum absolute atomic E-state index is 0.140. The average Bonchev–Trinajstić information content (AvgIpc) is 2.83. The normalized spacial score (nSPS) is 15.0. The van der Waals surface area contributed by atoms with Crippen molar-refractivity contribution in [3.8, 4) is 0 Å². The summed E-state index contributed by atoms with van der Waals surface area (Å²) in [6, 6.07) is 9.91. The summed E-state index contributed by atoms with van der Waals surface area (Å²) in [6.07, 6.45) is -2.88. The molecule has 0 aliphatic carbocycles. The Morgan fingerprint density at radius 1 is 1.12 bits per heavy atom. The van der Waals surface area contributed by atoms with Crippen LogP contribution in [-0.4, -0.2) is 11.8 Å². The number of benzene rings is 2. The lowest BCUT2D eigenvalue weighted by atomic mass is 10.0. The molecule has 0 atom stereocenters. The van der Waals surface area contributed by atoms with Crippen molar-refractivity contribution in [1.29, 1.82) is 0 Å². The fraction of sp³-hybridized carbons (Fsp3) is 0.111. The standard InChI is InChI=1S/C18H13F3N2O2/c1-10(24)22-13-5-2-11(3-6-13)8-15-14-7-4-12(18(19,20)21)9-16(14)23-17(15)25/h2-9H,1H3,(H,22,24)(H,23,25). The minimum atomic E-state index is -4.47. The van der Waals surface area contributed by atoms with Crippen molar-refractivity contribution in [1.82, 2.24) is 0 Å². The van der Waals surface area contributed by atoms with Gasteiger partial charge >= 0.3 is 6.18 Å². The molecule has 2 aromatic carbocycles. The fourth-order valence-corrected chi connectivity index (χ4v) is 2.55. The molecule has 3 rings (SSSR count). The molecule has 0 aromatic heterocycles. The molecule has 0 fully saturated rings. The van der Waals surface area contributed by atoms with E-state index in [1.54, 1.807) is 30.3 Å². The van der Waals surface area contributed by atoms with Crippen LogP contribution in [0.25, 0.3) is 11.6 Å². The summed E-state index contributed by atoms with van der Waals surface area (Å²) in [4.78, 5) is 23.1. The Bertz CT molecular complexity index is 884. The summed E-state index contributed by atoms with van der Waals surface area (Å²) in [5.74, 6) is -0.657. The van der Waals surface area contributed by atoms with E-state index in [0.29, 0.717) is 16.8 Å². The topological polar surface area (TPSA) is 58.2 Å². The highest BCUT2D eigenvalue weighted by Gasteiger charge is 2.33. The molecule has 2 N–H and O–H groups in total. The lowest BCUT2D eigenvalue weighted by Gasteiger charge is -2.08. The minimum Gasteiger partial charge on any atom is -0.326 e. The van der Waals surface area contributed by atoms with Crippen molar-refractivity contribution in [2.45, 2.75) is 13.1 Å². The zero-order valence-electron chi connectivity index (χ0n) is 13.1. The number of amides is 2. The van der Waals surface area contributed by atoms with Gasteiger partial charge < -0.3 is 10.6 Å². The SMILES string of the molecule is CC(=O)Nc1ccc(C=C2C(=O)Nc3cc(C(F)(F)F)ccc32)cc1. The second kappa shape index (κ2) is 6.08. The monoisotopic (exact) mass is 346 g/mol. The highest BCUT2D eigenvalue weighted by Crippen LogP contribution is 2.38. The summed E-state index contributed by atoms with van der Waals surface area (Å²) >= 11 is 0. The summed E-state index contributed by atoms with van der Waals surface area (Å²) in [5, 5.41) is 5.08. The first-order chi connectivity index (χ1) is 11.7. The lowest BCUT2D eigenvalue weighted by Crippen LogP contribution is -2.06. The van der Waals surface area contributed by atoms with E-state index in [1.807, 2.05) is 0 Å². The molecule has 128 valence electrons. The van der Waals surface area contributed by atoms with Crippen LogP contribution in [0.1, 0.15) is 23.6 Å². The first-order valence-corrected chi connectivity index (χ1v) is 7.36. The third-order valence-electron chi connectivity index (χ3n) is 3.67. The number of rotatable bonds is 2. The van der Waals surface area contributed by atoms with Gasteiger partial charge in [0.05, 0.1) is 5.56 Å². The van der Waals surface area contributed by atoms with E-state index >= 15 is 0 Å². The predicted octanol–water partition coefficient (Wildman–Crippen LogP) is 4.16. The van der Waals surface area contributed by atoms with Crippen molar-refractivity contribution < 1.29 is 22.8 Å². The third-order valence-corrected chi connectivity index (χ3v) is 3.67. The largest absolute Gasteiger partial charge is 0.416 e. The Morgan fingerprint density at radius 3 is 2.40 bits per heavy atom. The number of halogens is 3. The summed E-state index contributed by atoms with van der Waals surface area (Å²) in [7, 11) is 0. The quantitative estimate of drug-likeness (QED) is 0.803. The number of hydrogen-bond donors (Lipinski definition) is 2. The second-order valence-electron chi connectivity index (χ2n) is 5.57. The van der Waals surface area contributed by atoms with Crippen LogP contribution in [-0.2, 0) is 15.8 Å². The summed E-state index contributed by atoms with van der Waals surface area (Å²) in [6.45, 7) is 1.39. The van der Waals surface area contributed by atoms with Gasteiger partial charge in [-0.05, 0) is 35.9 Å². The van der Waals surface area contributed by atoms with Gasteiger partial charge in [0, 0.05) is 29.4 Å². The first-order valence-electron chi connectivity index (χ1n) is 7.36. The van der Waals surface area contributed by atoms with Gasteiger partial charge in [0.2, 0.25) is 5.91 Å². The Morgan fingerprint density at radius 2 is 1.80 bits per heavy atom. The first kappa shape index (κ1) is 16.8. The average molecular weight is 346 g/mol. The van der Waals surface area contributed by atoms with Gasteiger partial charge in [-0.15, -0.1) is 0 Å². The van der Waals surface area contributed by atoms with Gasteiger partial charge in [-0.2, -0.15) is 13.2 Å². The van der Waals surface area contributed by atoms with Crippen molar-refractivity contribution in [2.24, 2.45) is 0 Å². The molecule has 1 aliphatic heterocycles. The van der Waals surface area contributed by atoms with Crippen molar-refractivity contribution in [3.05, 3.63) is 59.2 Å².